The molecule has 0 aliphatic carbocycles. The maximum atomic E-state index is 4.54. The van der Waals surface area contributed by atoms with Crippen molar-refractivity contribution in [2.75, 3.05) is 19.6 Å². The quantitative estimate of drug-likeness (QED) is 0.513. The fourth-order valence-electron chi connectivity index (χ4n) is 1.46. The smallest absolute Gasteiger partial charge is 0.0216 e. The predicted molar refractivity (Wildman–Crippen MR) is 85.6 cm³/mol. The Labute approximate surface area is 119 Å². The standard InChI is InChI=1S/C13H30N2S2/c1-10(2)11(15-9-13(5,6)17)7-14-8-12(3,4)16/h10-11,14-17H,7-9H2,1-6H3. The second-order valence-corrected chi connectivity index (χ2v) is 8.91. The lowest BCUT2D eigenvalue weighted by atomic mass is 10.0. The summed E-state index contributed by atoms with van der Waals surface area (Å²) in [6.45, 7) is 15.8. The van der Waals surface area contributed by atoms with Gasteiger partial charge in [0.2, 0.25) is 0 Å². The molecule has 104 valence electrons. The predicted octanol–water partition coefficient (Wildman–Crippen LogP) is 2.61. The van der Waals surface area contributed by atoms with Crippen LogP contribution in [0.5, 0.6) is 0 Å². The number of nitrogens with one attached hydrogen (secondary N) is 2. The minimum Gasteiger partial charge on any atom is -0.314 e. The van der Waals surface area contributed by atoms with Crippen LogP contribution in [0.3, 0.4) is 0 Å². The third-order valence-electron chi connectivity index (χ3n) is 2.52. The Hall–Kier alpha value is 0.620. The van der Waals surface area contributed by atoms with Crippen LogP contribution in [0.2, 0.25) is 0 Å². The van der Waals surface area contributed by atoms with Gasteiger partial charge >= 0.3 is 0 Å². The highest BCUT2D eigenvalue weighted by Crippen LogP contribution is 2.12. The van der Waals surface area contributed by atoms with E-state index in [0.29, 0.717) is 12.0 Å². The lowest BCUT2D eigenvalue weighted by Gasteiger charge is -2.28. The Bertz CT molecular complexity index is 204. The topological polar surface area (TPSA) is 24.1 Å². The van der Waals surface area contributed by atoms with E-state index in [1.165, 1.54) is 0 Å². The molecular formula is C13H30N2S2. The first-order valence-electron chi connectivity index (χ1n) is 6.40. The molecule has 4 heteroatoms. The van der Waals surface area contributed by atoms with Crippen LogP contribution in [-0.2, 0) is 0 Å². The van der Waals surface area contributed by atoms with E-state index in [1.807, 2.05) is 0 Å². The highest BCUT2D eigenvalue weighted by Gasteiger charge is 2.18. The van der Waals surface area contributed by atoms with Crippen LogP contribution in [0.4, 0.5) is 0 Å². The van der Waals surface area contributed by atoms with Crippen LogP contribution in [0.1, 0.15) is 41.5 Å². The summed E-state index contributed by atoms with van der Waals surface area (Å²) in [6, 6.07) is 0.483. The summed E-state index contributed by atoms with van der Waals surface area (Å²) < 4.78 is 0.0836. The molecular weight excluding hydrogens is 248 g/mol. The molecule has 0 aromatic heterocycles. The van der Waals surface area contributed by atoms with E-state index >= 15 is 0 Å². The van der Waals surface area contributed by atoms with Crippen LogP contribution in [0.25, 0.3) is 0 Å². The third kappa shape index (κ3) is 11.4. The molecule has 0 amide bonds. The number of hydrogen-bond acceptors (Lipinski definition) is 4. The van der Waals surface area contributed by atoms with Crippen molar-refractivity contribution in [2.45, 2.75) is 57.1 Å². The molecule has 0 aromatic carbocycles. The van der Waals surface area contributed by atoms with Gasteiger partial charge in [-0.1, -0.05) is 13.8 Å². The van der Waals surface area contributed by atoms with Gasteiger partial charge in [0.25, 0.3) is 0 Å². The zero-order chi connectivity index (χ0) is 13.7. The van der Waals surface area contributed by atoms with Gasteiger partial charge in [-0.15, -0.1) is 0 Å². The van der Waals surface area contributed by atoms with Gasteiger partial charge in [0.1, 0.15) is 0 Å². The summed E-state index contributed by atoms with van der Waals surface area (Å²) in [5.74, 6) is 0.612. The minimum atomic E-state index is 0.0377. The first-order valence-corrected chi connectivity index (χ1v) is 7.29. The molecule has 0 aromatic rings. The molecule has 2 N–H and O–H groups in total. The van der Waals surface area contributed by atoms with E-state index in [0.717, 1.165) is 19.6 Å². The Kier molecular flexibility index (Phi) is 7.53. The monoisotopic (exact) mass is 278 g/mol. The third-order valence-corrected chi connectivity index (χ3v) is 2.84. The molecule has 0 aliphatic heterocycles. The number of hydrogen-bond donors (Lipinski definition) is 4. The summed E-state index contributed by atoms with van der Waals surface area (Å²) in [5.41, 5.74) is 0. The molecule has 0 bridgehead atoms. The fraction of sp³-hybridized carbons (Fsp3) is 1.00. The average molecular weight is 279 g/mol. The maximum Gasteiger partial charge on any atom is 0.0216 e. The van der Waals surface area contributed by atoms with Crippen molar-refractivity contribution < 1.29 is 0 Å². The minimum absolute atomic E-state index is 0.0377. The fourth-order valence-corrected chi connectivity index (χ4v) is 1.66. The van der Waals surface area contributed by atoms with Gasteiger partial charge in [-0.3, -0.25) is 0 Å². The number of rotatable bonds is 8. The van der Waals surface area contributed by atoms with Crippen molar-refractivity contribution >= 4 is 25.3 Å². The van der Waals surface area contributed by atoms with Crippen molar-refractivity contribution in [3.05, 3.63) is 0 Å². The van der Waals surface area contributed by atoms with E-state index in [4.69, 9.17) is 0 Å². The van der Waals surface area contributed by atoms with Gasteiger partial charge in [0.05, 0.1) is 0 Å². The van der Waals surface area contributed by atoms with Crippen LogP contribution in [-0.4, -0.2) is 35.2 Å². The molecule has 2 nitrogen and oxygen atoms in total. The van der Waals surface area contributed by atoms with Crippen molar-refractivity contribution in [1.29, 1.82) is 0 Å². The van der Waals surface area contributed by atoms with E-state index in [1.54, 1.807) is 0 Å². The summed E-state index contributed by atoms with van der Waals surface area (Å²) in [5, 5.41) is 7.06. The zero-order valence-electron chi connectivity index (χ0n) is 12.2. The summed E-state index contributed by atoms with van der Waals surface area (Å²) in [6.07, 6.45) is 0. The van der Waals surface area contributed by atoms with Crippen LogP contribution >= 0.6 is 25.3 Å². The van der Waals surface area contributed by atoms with Crippen LogP contribution in [0.15, 0.2) is 0 Å². The van der Waals surface area contributed by atoms with Gasteiger partial charge in [-0.25, -0.2) is 0 Å². The van der Waals surface area contributed by atoms with Crippen LogP contribution < -0.4 is 10.6 Å². The number of thiol groups is 2. The van der Waals surface area contributed by atoms with Crippen molar-refractivity contribution in [3.8, 4) is 0 Å². The lowest BCUT2D eigenvalue weighted by Crippen LogP contribution is -2.47. The van der Waals surface area contributed by atoms with Crippen molar-refractivity contribution in [1.82, 2.24) is 10.6 Å². The summed E-state index contributed by atoms with van der Waals surface area (Å²) in [4.78, 5) is 0. The zero-order valence-corrected chi connectivity index (χ0v) is 14.0. The second-order valence-electron chi connectivity index (χ2n) is 6.49. The maximum absolute atomic E-state index is 4.54. The first-order chi connectivity index (χ1) is 7.51. The second kappa shape index (κ2) is 7.27. The molecule has 1 unspecified atom stereocenters. The summed E-state index contributed by atoms with van der Waals surface area (Å²) in [7, 11) is 0. The molecule has 0 heterocycles. The molecule has 0 saturated carbocycles. The molecule has 0 fully saturated rings. The Morgan fingerprint density at radius 2 is 1.41 bits per heavy atom. The largest absolute Gasteiger partial charge is 0.314 e. The molecule has 1 atom stereocenters. The van der Waals surface area contributed by atoms with E-state index in [9.17, 15) is 0 Å². The molecule has 0 rings (SSSR count). The Morgan fingerprint density at radius 1 is 0.941 bits per heavy atom. The van der Waals surface area contributed by atoms with Gasteiger partial charge in [-0.05, 0) is 33.6 Å². The Balaban J connectivity index is 4.00. The lowest BCUT2D eigenvalue weighted by molar-refractivity contribution is 0.365. The van der Waals surface area contributed by atoms with E-state index in [2.05, 4.69) is 77.4 Å². The average Bonchev–Trinajstić information content (AvgIpc) is 2.06. The first kappa shape index (κ1) is 17.6. The van der Waals surface area contributed by atoms with E-state index < -0.39 is 0 Å². The van der Waals surface area contributed by atoms with Crippen molar-refractivity contribution in [2.24, 2.45) is 5.92 Å². The summed E-state index contributed by atoms with van der Waals surface area (Å²) >= 11 is 9.05. The molecule has 0 spiro atoms. The van der Waals surface area contributed by atoms with Gasteiger partial charge in [-0.2, -0.15) is 25.3 Å². The van der Waals surface area contributed by atoms with E-state index in [-0.39, 0.29) is 9.49 Å². The van der Waals surface area contributed by atoms with Crippen molar-refractivity contribution in [3.63, 3.8) is 0 Å². The Morgan fingerprint density at radius 3 is 1.76 bits per heavy atom. The van der Waals surface area contributed by atoms with Gasteiger partial charge < -0.3 is 10.6 Å². The SMILES string of the molecule is CC(C)C(CNCC(C)(C)S)NCC(C)(C)S. The normalized spacial score (nSPS) is 15.4. The van der Waals surface area contributed by atoms with Gasteiger partial charge in [0, 0.05) is 35.2 Å². The highest BCUT2D eigenvalue weighted by molar-refractivity contribution is 7.82. The van der Waals surface area contributed by atoms with Crippen LogP contribution in [0, 0.1) is 5.92 Å². The molecule has 0 aliphatic rings. The van der Waals surface area contributed by atoms with Gasteiger partial charge in [0.15, 0.2) is 0 Å². The highest BCUT2D eigenvalue weighted by atomic mass is 32.1. The molecule has 17 heavy (non-hydrogen) atoms. The molecule has 0 saturated heterocycles. The molecule has 0 radical (unpaired) electrons.